The van der Waals surface area contributed by atoms with Gasteiger partial charge in [0.25, 0.3) is 0 Å². The first-order valence-corrected chi connectivity index (χ1v) is 5.46. The van der Waals surface area contributed by atoms with Crippen LogP contribution in [0, 0.1) is 12.8 Å². The Morgan fingerprint density at radius 3 is 2.81 bits per heavy atom. The van der Waals surface area contributed by atoms with Gasteiger partial charge in [0.15, 0.2) is 0 Å². The van der Waals surface area contributed by atoms with Gasteiger partial charge in [0.1, 0.15) is 0 Å². The molecule has 5 heteroatoms. The molecule has 0 spiro atoms. The largest absolute Gasteiger partial charge is 0.352 e. The van der Waals surface area contributed by atoms with Gasteiger partial charge in [-0.05, 0) is 14.0 Å². The number of aryl methyl sites for hydroxylation is 1. The van der Waals surface area contributed by atoms with E-state index in [1.807, 2.05) is 27.9 Å². The second kappa shape index (κ2) is 5.65. The number of nitrogens with one attached hydrogen (secondary N) is 2. The SMILES string of the molecule is CNCC(C)C(=O)NCc1cnn(C)c1C. The highest BCUT2D eigenvalue weighted by molar-refractivity contribution is 5.78. The van der Waals surface area contributed by atoms with Crippen LogP contribution >= 0.6 is 0 Å². The molecule has 1 rings (SSSR count). The van der Waals surface area contributed by atoms with Crippen LogP contribution in [0.4, 0.5) is 0 Å². The minimum Gasteiger partial charge on any atom is -0.352 e. The molecule has 1 amide bonds. The third-order valence-electron chi connectivity index (χ3n) is 2.75. The first-order chi connectivity index (χ1) is 7.56. The molecule has 90 valence electrons. The molecule has 0 aliphatic heterocycles. The molecule has 1 atom stereocenters. The first-order valence-electron chi connectivity index (χ1n) is 5.46. The van der Waals surface area contributed by atoms with Crippen LogP contribution in [-0.2, 0) is 18.4 Å². The van der Waals surface area contributed by atoms with Crippen molar-refractivity contribution in [2.75, 3.05) is 13.6 Å². The fourth-order valence-corrected chi connectivity index (χ4v) is 1.47. The minimum atomic E-state index is -0.0121. The van der Waals surface area contributed by atoms with E-state index in [-0.39, 0.29) is 11.8 Å². The molecule has 1 aromatic heterocycles. The Morgan fingerprint density at radius 1 is 1.62 bits per heavy atom. The van der Waals surface area contributed by atoms with Gasteiger partial charge in [-0.3, -0.25) is 9.48 Å². The van der Waals surface area contributed by atoms with Gasteiger partial charge >= 0.3 is 0 Å². The van der Waals surface area contributed by atoms with Gasteiger partial charge in [-0.15, -0.1) is 0 Å². The maximum absolute atomic E-state index is 11.6. The number of amides is 1. The summed E-state index contributed by atoms with van der Waals surface area (Å²) < 4.78 is 1.80. The fourth-order valence-electron chi connectivity index (χ4n) is 1.47. The molecular weight excluding hydrogens is 204 g/mol. The zero-order chi connectivity index (χ0) is 12.1. The van der Waals surface area contributed by atoms with Crippen molar-refractivity contribution < 1.29 is 4.79 Å². The lowest BCUT2D eigenvalue weighted by Crippen LogP contribution is -2.33. The summed E-state index contributed by atoms with van der Waals surface area (Å²) >= 11 is 0. The van der Waals surface area contributed by atoms with E-state index < -0.39 is 0 Å². The third-order valence-corrected chi connectivity index (χ3v) is 2.75. The third kappa shape index (κ3) is 3.06. The molecule has 16 heavy (non-hydrogen) atoms. The Bertz CT molecular complexity index is 359. The molecule has 1 heterocycles. The highest BCUT2D eigenvalue weighted by Crippen LogP contribution is 2.05. The molecule has 1 aromatic rings. The lowest BCUT2D eigenvalue weighted by molar-refractivity contribution is -0.124. The second-order valence-electron chi connectivity index (χ2n) is 4.06. The van der Waals surface area contributed by atoms with Crippen molar-refractivity contribution in [1.29, 1.82) is 0 Å². The molecule has 0 radical (unpaired) electrons. The van der Waals surface area contributed by atoms with E-state index in [4.69, 9.17) is 0 Å². The van der Waals surface area contributed by atoms with E-state index in [9.17, 15) is 4.79 Å². The Balaban J connectivity index is 2.46. The molecule has 5 nitrogen and oxygen atoms in total. The van der Waals surface area contributed by atoms with Crippen LogP contribution in [0.5, 0.6) is 0 Å². The Morgan fingerprint density at radius 2 is 2.31 bits per heavy atom. The van der Waals surface area contributed by atoms with Crippen molar-refractivity contribution >= 4 is 5.91 Å². The second-order valence-corrected chi connectivity index (χ2v) is 4.06. The minimum absolute atomic E-state index is 0.0121. The number of nitrogens with zero attached hydrogens (tertiary/aromatic N) is 2. The number of carbonyl (C=O) groups excluding carboxylic acids is 1. The average Bonchev–Trinajstić information content (AvgIpc) is 2.57. The van der Waals surface area contributed by atoms with Gasteiger partial charge < -0.3 is 10.6 Å². The summed E-state index contributed by atoms with van der Waals surface area (Å²) in [6.45, 7) is 5.14. The maximum Gasteiger partial charge on any atom is 0.224 e. The van der Waals surface area contributed by atoms with Crippen LogP contribution in [0.15, 0.2) is 6.20 Å². The summed E-state index contributed by atoms with van der Waals surface area (Å²) in [5.74, 6) is 0.0552. The molecule has 0 bridgehead atoms. The highest BCUT2D eigenvalue weighted by Gasteiger charge is 2.12. The predicted molar refractivity (Wildman–Crippen MR) is 62.9 cm³/mol. The summed E-state index contributed by atoms with van der Waals surface area (Å²) in [4.78, 5) is 11.6. The van der Waals surface area contributed by atoms with Crippen molar-refractivity contribution in [1.82, 2.24) is 20.4 Å². The lowest BCUT2D eigenvalue weighted by atomic mass is 10.1. The molecule has 0 fully saturated rings. The van der Waals surface area contributed by atoms with Gasteiger partial charge in [0.05, 0.1) is 6.20 Å². The summed E-state index contributed by atoms with van der Waals surface area (Å²) in [6.07, 6.45) is 1.79. The highest BCUT2D eigenvalue weighted by atomic mass is 16.1. The Kier molecular flexibility index (Phi) is 4.49. The molecule has 0 aliphatic carbocycles. The Labute approximate surface area is 96.2 Å². The van der Waals surface area contributed by atoms with E-state index >= 15 is 0 Å². The summed E-state index contributed by atoms with van der Waals surface area (Å²) in [7, 11) is 3.74. The van der Waals surface area contributed by atoms with Gasteiger partial charge in [-0.1, -0.05) is 6.92 Å². The number of hydrogen-bond donors (Lipinski definition) is 2. The smallest absolute Gasteiger partial charge is 0.224 e. The van der Waals surface area contributed by atoms with Gasteiger partial charge in [-0.25, -0.2) is 0 Å². The topological polar surface area (TPSA) is 59.0 Å². The van der Waals surface area contributed by atoms with E-state index in [1.54, 1.807) is 10.9 Å². The number of rotatable bonds is 5. The maximum atomic E-state index is 11.6. The van der Waals surface area contributed by atoms with Crippen molar-refractivity contribution in [3.63, 3.8) is 0 Å². The van der Waals surface area contributed by atoms with Crippen LogP contribution in [0.3, 0.4) is 0 Å². The van der Waals surface area contributed by atoms with Crippen LogP contribution in [-0.4, -0.2) is 29.3 Å². The molecule has 2 N–H and O–H groups in total. The number of carbonyl (C=O) groups is 1. The lowest BCUT2D eigenvalue weighted by Gasteiger charge is -2.11. The van der Waals surface area contributed by atoms with Crippen LogP contribution in [0.2, 0.25) is 0 Å². The van der Waals surface area contributed by atoms with E-state index in [2.05, 4.69) is 15.7 Å². The van der Waals surface area contributed by atoms with Crippen molar-refractivity contribution in [2.24, 2.45) is 13.0 Å². The zero-order valence-electron chi connectivity index (χ0n) is 10.4. The number of aromatic nitrogens is 2. The van der Waals surface area contributed by atoms with Crippen LogP contribution in [0.1, 0.15) is 18.2 Å². The molecule has 0 saturated heterocycles. The zero-order valence-corrected chi connectivity index (χ0v) is 10.4. The van der Waals surface area contributed by atoms with Crippen molar-refractivity contribution in [3.05, 3.63) is 17.5 Å². The van der Waals surface area contributed by atoms with Gasteiger partial charge in [0, 0.05) is 37.3 Å². The fraction of sp³-hybridized carbons (Fsp3) is 0.636. The molecule has 1 unspecified atom stereocenters. The van der Waals surface area contributed by atoms with Gasteiger partial charge in [-0.2, -0.15) is 5.10 Å². The van der Waals surface area contributed by atoms with Crippen molar-refractivity contribution in [3.8, 4) is 0 Å². The quantitative estimate of drug-likeness (QED) is 0.751. The molecule has 0 aliphatic rings. The van der Waals surface area contributed by atoms with Crippen LogP contribution < -0.4 is 10.6 Å². The van der Waals surface area contributed by atoms with Crippen molar-refractivity contribution in [2.45, 2.75) is 20.4 Å². The standard InChI is InChI=1S/C11H20N4O/c1-8(5-12-3)11(16)13-6-10-7-14-15(4)9(10)2/h7-8,12H,5-6H2,1-4H3,(H,13,16). The summed E-state index contributed by atoms with van der Waals surface area (Å²) in [6, 6.07) is 0. The van der Waals surface area contributed by atoms with Gasteiger partial charge in [0.2, 0.25) is 5.91 Å². The van der Waals surface area contributed by atoms with E-state index in [0.29, 0.717) is 13.1 Å². The molecule has 0 saturated carbocycles. The predicted octanol–water partition coefficient (Wildman–Crippen LogP) is 0.200. The molecular formula is C11H20N4O. The normalized spacial score (nSPS) is 12.5. The summed E-state index contributed by atoms with van der Waals surface area (Å²) in [5, 5.41) is 10.0. The average molecular weight is 224 g/mol. The van der Waals surface area contributed by atoms with E-state index in [1.165, 1.54) is 0 Å². The molecule has 0 aromatic carbocycles. The first kappa shape index (κ1) is 12.7. The van der Waals surface area contributed by atoms with E-state index in [0.717, 1.165) is 11.3 Å². The monoisotopic (exact) mass is 224 g/mol. The Hall–Kier alpha value is -1.36. The summed E-state index contributed by atoms with van der Waals surface area (Å²) in [5.41, 5.74) is 2.15. The van der Waals surface area contributed by atoms with Crippen LogP contribution in [0.25, 0.3) is 0 Å². The number of hydrogen-bond acceptors (Lipinski definition) is 3.